The Balaban J connectivity index is 1.67. The summed E-state index contributed by atoms with van der Waals surface area (Å²) < 4.78 is 5.61. The van der Waals surface area contributed by atoms with Gasteiger partial charge in [-0.3, -0.25) is 4.79 Å². The van der Waals surface area contributed by atoms with E-state index in [4.69, 9.17) is 4.74 Å². The fourth-order valence-electron chi connectivity index (χ4n) is 3.08. The zero-order chi connectivity index (χ0) is 18.5. The maximum absolute atomic E-state index is 12.5. The first-order valence-corrected chi connectivity index (χ1v) is 9.17. The number of hydrogen-bond acceptors (Lipinski definition) is 5. The van der Waals surface area contributed by atoms with Crippen molar-refractivity contribution in [2.75, 3.05) is 23.3 Å². The van der Waals surface area contributed by atoms with Gasteiger partial charge in [0, 0.05) is 25.0 Å². The number of ether oxygens (including phenoxy) is 1. The second kappa shape index (κ2) is 8.17. The lowest BCUT2D eigenvalue weighted by Gasteiger charge is -2.30. The number of rotatable bonds is 5. The minimum atomic E-state index is -0.240. The van der Waals surface area contributed by atoms with Crippen LogP contribution in [-0.2, 0) is 0 Å². The topological polar surface area (TPSA) is 67.4 Å². The molecule has 1 unspecified atom stereocenters. The Kier molecular flexibility index (Phi) is 5.71. The first-order chi connectivity index (χ1) is 12.5. The Labute approximate surface area is 154 Å². The van der Waals surface area contributed by atoms with Crippen molar-refractivity contribution in [2.24, 2.45) is 5.92 Å². The van der Waals surface area contributed by atoms with E-state index in [9.17, 15) is 4.79 Å². The number of benzene rings is 1. The van der Waals surface area contributed by atoms with Crippen molar-refractivity contribution in [1.82, 2.24) is 9.97 Å². The van der Waals surface area contributed by atoms with Gasteiger partial charge >= 0.3 is 0 Å². The molecule has 0 aliphatic carbocycles. The van der Waals surface area contributed by atoms with Gasteiger partial charge in [-0.25, -0.2) is 9.97 Å². The van der Waals surface area contributed by atoms with Crippen LogP contribution in [0.4, 0.5) is 11.6 Å². The summed E-state index contributed by atoms with van der Waals surface area (Å²) in [5.41, 5.74) is 1.08. The van der Waals surface area contributed by atoms with Crippen LogP contribution in [0.2, 0.25) is 0 Å². The summed E-state index contributed by atoms with van der Waals surface area (Å²) in [6.45, 7) is 8.06. The highest BCUT2D eigenvalue weighted by atomic mass is 16.5. The van der Waals surface area contributed by atoms with Crippen molar-refractivity contribution in [3.63, 3.8) is 0 Å². The van der Waals surface area contributed by atoms with Crippen molar-refractivity contribution in [3.05, 3.63) is 42.2 Å². The molecule has 0 spiro atoms. The predicted molar refractivity (Wildman–Crippen MR) is 103 cm³/mol. The van der Waals surface area contributed by atoms with Gasteiger partial charge in [0.05, 0.1) is 6.10 Å². The van der Waals surface area contributed by atoms with Crippen LogP contribution >= 0.6 is 0 Å². The van der Waals surface area contributed by atoms with Crippen molar-refractivity contribution >= 4 is 17.5 Å². The molecular weight excluding hydrogens is 328 g/mol. The number of aromatic nitrogens is 2. The first kappa shape index (κ1) is 18.2. The van der Waals surface area contributed by atoms with Crippen LogP contribution < -0.4 is 15.0 Å². The number of anilines is 2. The maximum atomic E-state index is 12.5. The van der Waals surface area contributed by atoms with E-state index in [0.29, 0.717) is 23.2 Å². The van der Waals surface area contributed by atoms with E-state index >= 15 is 0 Å². The van der Waals surface area contributed by atoms with E-state index in [2.05, 4.69) is 27.1 Å². The average molecular weight is 354 g/mol. The lowest BCUT2D eigenvalue weighted by atomic mass is 10.0. The van der Waals surface area contributed by atoms with Crippen LogP contribution in [-0.4, -0.2) is 35.1 Å². The van der Waals surface area contributed by atoms with Crippen LogP contribution in [0.1, 0.15) is 44.1 Å². The van der Waals surface area contributed by atoms with Crippen molar-refractivity contribution in [2.45, 2.75) is 39.7 Å². The Bertz CT molecular complexity index is 746. The molecule has 1 aromatic carbocycles. The van der Waals surface area contributed by atoms with Crippen molar-refractivity contribution in [3.8, 4) is 5.75 Å². The smallest absolute Gasteiger partial charge is 0.274 e. The highest BCUT2D eigenvalue weighted by molar-refractivity contribution is 6.03. The third-order valence-corrected chi connectivity index (χ3v) is 4.30. The lowest BCUT2D eigenvalue weighted by Crippen LogP contribution is -2.35. The summed E-state index contributed by atoms with van der Waals surface area (Å²) in [6.07, 6.45) is 4.13. The minimum Gasteiger partial charge on any atom is -0.491 e. The number of nitrogens with zero attached hydrogens (tertiary/aromatic N) is 3. The van der Waals surface area contributed by atoms with Crippen LogP contribution in [0.25, 0.3) is 0 Å². The molecule has 1 aliphatic heterocycles. The monoisotopic (exact) mass is 354 g/mol. The van der Waals surface area contributed by atoms with Gasteiger partial charge in [-0.1, -0.05) is 6.92 Å². The molecule has 1 aromatic heterocycles. The van der Waals surface area contributed by atoms with Gasteiger partial charge in [0.15, 0.2) is 0 Å². The molecular formula is C20H26N4O2. The quantitative estimate of drug-likeness (QED) is 0.886. The van der Waals surface area contributed by atoms with Crippen LogP contribution in [0.5, 0.6) is 5.75 Å². The number of hydrogen-bond donors (Lipinski definition) is 1. The number of carbonyl (C=O) groups excluding carboxylic acids is 1. The van der Waals surface area contributed by atoms with Gasteiger partial charge in [0.2, 0.25) is 5.95 Å². The van der Waals surface area contributed by atoms with Gasteiger partial charge in [-0.15, -0.1) is 0 Å². The standard InChI is InChI=1S/C20H26N4O2/c1-14(2)26-17-8-6-16(7-9-17)22-19(25)18-10-11-21-20(23-18)24-12-4-5-15(3)13-24/h6-11,14-15H,4-5,12-13H2,1-3H3,(H,22,25). The summed E-state index contributed by atoms with van der Waals surface area (Å²) >= 11 is 0. The summed E-state index contributed by atoms with van der Waals surface area (Å²) in [5, 5.41) is 2.87. The fraction of sp³-hybridized carbons (Fsp3) is 0.450. The normalized spacial score (nSPS) is 17.2. The zero-order valence-electron chi connectivity index (χ0n) is 15.6. The van der Waals surface area contributed by atoms with E-state index in [-0.39, 0.29) is 12.0 Å². The molecule has 3 rings (SSSR count). The largest absolute Gasteiger partial charge is 0.491 e. The van der Waals surface area contributed by atoms with Crippen LogP contribution in [0, 0.1) is 5.92 Å². The molecule has 1 atom stereocenters. The summed E-state index contributed by atoms with van der Waals surface area (Å²) in [5.74, 6) is 1.79. The Morgan fingerprint density at radius 1 is 1.27 bits per heavy atom. The molecule has 2 aromatic rings. The second-order valence-corrected chi connectivity index (χ2v) is 7.08. The van der Waals surface area contributed by atoms with E-state index in [0.717, 1.165) is 25.3 Å². The first-order valence-electron chi connectivity index (χ1n) is 9.17. The van der Waals surface area contributed by atoms with E-state index < -0.39 is 0 Å². The highest BCUT2D eigenvalue weighted by Crippen LogP contribution is 2.20. The summed E-state index contributed by atoms with van der Waals surface area (Å²) in [7, 11) is 0. The molecule has 1 aliphatic rings. The number of piperidine rings is 1. The van der Waals surface area contributed by atoms with Gasteiger partial charge in [0.1, 0.15) is 11.4 Å². The molecule has 1 fully saturated rings. The summed E-state index contributed by atoms with van der Waals surface area (Å²) in [6, 6.07) is 8.97. The Morgan fingerprint density at radius 3 is 2.73 bits per heavy atom. The fourth-order valence-corrected chi connectivity index (χ4v) is 3.08. The SMILES string of the molecule is CC1CCCN(c2nccc(C(=O)Nc3ccc(OC(C)C)cc3)n2)C1. The molecule has 26 heavy (non-hydrogen) atoms. The molecule has 6 heteroatoms. The summed E-state index contributed by atoms with van der Waals surface area (Å²) in [4.78, 5) is 23.5. The molecule has 138 valence electrons. The highest BCUT2D eigenvalue weighted by Gasteiger charge is 2.19. The molecule has 6 nitrogen and oxygen atoms in total. The third-order valence-electron chi connectivity index (χ3n) is 4.30. The third kappa shape index (κ3) is 4.71. The minimum absolute atomic E-state index is 0.118. The van der Waals surface area contributed by atoms with Crippen LogP contribution in [0.3, 0.4) is 0 Å². The van der Waals surface area contributed by atoms with Crippen molar-refractivity contribution < 1.29 is 9.53 Å². The van der Waals surface area contributed by atoms with Gasteiger partial charge in [-0.05, 0) is 62.9 Å². The Morgan fingerprint density at radius 2 is 2.04 bits per heavy atom. The number of amides is 1. The zero-order valence-corrected chi connectivity index (χ0v) is 15.6. The van der Waals surface area contributed by atoms with E-state index in [1.165, 1.54) is 6.42 Å². The number of carbonyl (C=O) groups is 1. The van der Waals surface area contributed by atoms with Gasteiger partial charge in [-0.2, -0.15) is 0 Å². The predicted octanol–water partition coefficient (Wildman–Crippen LogP) is 3.75. The van der Waals surface area contributed by atoms with Gasteiger partial charge < -0.3 is 15.0 Å². The number of nitrogens with one attached hydrogen (secondary N) is 1. The molecule has 0 bridgehead atoms. The maximum Gasteiger partial charge on any atom is 0.274 e. The molecule has 0 saturated carbocycles. The van der Waals surface area contributed by atoms with Crippen LogP contribution in [0.15, 0.2) is 36.5 Å². The van der Waals surface area contributed by atoms with Crippen molar-refractivity contribution in [1.29, 1.82) is 0 Å². The molecule has 1 amide bonds. The molecule has 0 radical (unpaired) electrons. The molecule has 2 heterocycles. The molecule has 1 N–H and O–H groups in total. The van der Waals surface area contributed by atoms with E-state index in [1.807, 2.05) is 38.1 Å². The molecule has 1 saturated heterocycles. The van der Waals surface area contributed by atoms with E-state index in [1.54, 1.807) is 12.3 Å². The Hall–Kier alpha value is -2.63. The van der Waals surface area contributed by atoms with Gasteiger partial charge in [0.25, 0.3) is 5.91 Å². The second-order valence-electron chi connectivity index (χ2n) is 7.08. The average Bonchev–Trinajstić information content (AvgIpc) is 2.63. The lowest BCUT2D eigenvalue weighted by molar-refractivity contribution is 0.102.